The molecule has 1 N–H and O–H groups in total. The van der Waals surface area contributed by atoms with Gasteiger partial charge in [0.2, 0.25) is 11.8 Å². The molecular weight excluding hydrogens is 326 g/mol. The predicted octanol–water partition coefficient (Wildman–Crippen LogP) is 0.911. The summed E-state index contributed by atoms with van der Waals surface area (Å²) in [5, 5.41) is 10.9. The second-order valence-corrected chi connectivity index (χ2v) is 9.08. The molecule has 1 aromatic heterocycles. The summed E-state index contributed by atoms with van der Waals surface area (Å²) in [6.07, 6.45) is 1.12. The fourth-order valence-corrected chi connectivity index (χ4v) is 4.63. The van der Waals surface area contributed by atoms with Crippen LogP contribution in [-0.4, -0.2) is 48.3 Å². The molecule has 0 aromatic carbocycles. The van der Waals surface area contributed by atoms with Crippen molar-refractivity contribution in [3.05, 3.63) is 5.89 Å². The van der Waals surface area contributed by atoms with Gasteiger partial charge in [0.25, 0.3) is 5.22 Å². The Morgan fingerprint density at radius 2 is 2.23 bits per heavy atom. The van der Waals surface area contributed by atoms with Crippen molar-refractivity contribution in [2.24, 2.45) is 11.8 Å². The van der Waals surface area contributed by atoms with Crippen LogP contribution in [0, 0.1) is 11.8 Å². The molecule has 1 aromatic rings. The number of thioether (sulfide) groups is 1. The number of carbonyl (C=O) groups excluding carboxylic acids is 1. The van der Waals surface area contributed by atoms with E-state index in [-0.39, 0.29) is 29.1 Å². The number of hydrogen-bond donors (Lipinski definition) is 1. The Bertz CT molecular complexity index is 613. The van der Waals surface area contributed by atoms with Gasteiger partial charge in [0, 0.05) is 13.0 Å². The van der Waals surface area contributed by atoms with Gasteiger partial charge in [0.1, 0.15) is 0 Å². The number of nitrogens with zero attached hydrogens (tertiary/aromatic N) is 2. The summed E-state index contributed by atoms with van der Waals surface area (Å²) < 4.78 is 28.3. The van der Waals surface area contributed by atoms with E-state index in [1.54, 1.807) is 0 Å². The highest BCUT2D eigenvalue weighted by Crippen LogP contribution is 2.23. The SMILES string of the molecule is CC(C)CNC(=O)CSc1nnc(C[C@@H]2CCS(=O)(=O)C2)o1. The van der Waals surface area contributed by atoms with E-state index in [0.717, 1.165) is 0 Å². The minimum atomic E-state index is -2.89. The number of hydrogen-bond acceptors (Lipinski definition) is 7. The third kappa shape index (κ3) is 5.60. The second kappa shape index (κ2) is 7.45. The van der Waals surface area contributed by atoms with Crippen LogP contribution in [0.25, 0.3) is 0 Å². The number of nitrogens with one attached hydrogen (secondary N) is 1. The molecule has 0 aliphatic carbocycles. The lowest BCUT2D eigenvalue weighted by Gasteiger charge is -2.05. The first-order valence-corrected chi connectivity index (χ1v) is 10.1. The molecule has 0 unspecified atom stereocenters. The maximum atomic E-state index is 11.6. The lowest BCUT2D eigenvalue weighted by Crippen LogP contribution is -2.28. The van der Waals surface area contributed by atoms with Crippen molar-refractivity contribution in [3.63, 3.8) is 0 Å². The molecule has 1 aliphatic rings. The third-order valence-corrected chi connectivity index (χ3v) is 5.93. The molecule has 9 heteroatoms. The van der Waals surface area contributed by atoms with Crippen LogP contribution in [0.3, 0.4) is 0 Å². The molecule has 2 heterocycles. The highest BCUT2D eigenvalue weighted by molar-refractivity contribution is 7.99. The first kappa shape index (κ1) is 17.3. The van der Waals surface area contributed by atoms with Gasteiger partial charge in [-0.2, -0.15) is 0 Å². The van der Waals surface area contributed by atoms with E-state index in [1.807, 2.05) is 13.8 Å². The van der Waals surface area contributed by atoms with Crippen LogP contribution >= 0.6 is 11.8 Å². The molecule has 7 nitrogen and oxygen atoms in total. The Morgan fingerprint density at radius 3 is 2.86 bits per heavy atom. The molecule has 1 atom stereocenters. The van der Waals surface area contributed by atoms with Gasteiger partial charge < -0.3 is 9.73 Å². The van der Waals surface area contributed by atoms with E-state index in [2.05, 4.69) is 15.5 Å². The first-order chi connectivity index (χ1) is 10.3. The molecule has 0 spiro atoms. The third-order valence-electron chi connectivity index (χ3n) is 3.27. The van der Waals surface area contributed by atoms with E-state index in [0.29, 0.717) is 36.4 Å². The summed E-state index contributed by atoms with van der Waals surface area (Å²) in [5.41, 5.74) is 0. The van der Waals surface area contributed by atoms with Gasteiger partial charge in [-0.05, 0) is 18.3 Å². The Hall–Kier alpha value is -1.09. The smallest absolute Gasteiger partial charge is 0.277 e. The fraction of sp³-hybridized carbons (Fsp3) is 0.769. The highest BCUT2D eigenvalue weighted by atomic mass is 32.2. The van der Waals surface area contributed by atoms with E-state index >= 15 is 0 Å². The van der Waals surface area contributed by atoms with Gasteiger partial charge >= 0.3 is 0 Å². The van der Waals surface area contributed by atoms with Crippen molar-refractivity contribution >= 4 is 27.5 Å². The van der Waals surface area contributed by atoms with Gasteiger partial charge in [0.05, 0.1) is 17.3 Å². The Morgan fingerprint density at radius 1 is 1.45 bits per heavy atom. The van der Waals surface area contributed by atoms with Gasteiger partial charge in [-0.3, -0.25) is 4.79 Å². The Balaban J connectivity index is 1.76. The summed E-state index contributed by atoms with van der Waals surface area (Å²) in [5.74, 6) is 1.49. The monoisotopic (exact) mass is 347 g/mol. The van der Waals surface area contributed by atoms with Crippen molar-refractivity contribution in [3.8, 4) is 0 Å². The summed E-state index contributed by atoms with van der Waals surface area (Å²) in [6.45, 7) is 4.70. The van der Waals surface area contributed by atoms with E-state index in [9.17, 15) is 13.2 Å². The normalized spacial score (nSPS) is 20.4. The van der Waals surface area contributed by atoms with Crippen LogP contribution in [0.15, 0.2) is 9.64 Å². The largest absolute Gasteiger partial charge is 0.416 e. The Kier molecular flexibility index (Phi) is 5.85. The van der Waals surface area contributed by atoms with Gasteiger partial charge in [-0.25, -0.2) is 8.42 Å². The zero-order chi connectivity index (χ0) is 16.2. The first-order valence-electron chi connectivity index (χ1n) is 7.26. The van der Waals surface area contributed by atoms with Crippen LogP contribution in [0.5, 0.6) is 0 Å². The highest BCUT2D eigenvalue weighted by Gasteiger charge is 2.29. The number of sulfone groups is 1. The van der Waals surface area contributed by atoms with Crippen LogP contribution in [0.1, 0.15) is 26.2 Å². The zero-order valence-electron chi connectivity index (χ0n) is 12.7. The molecule has 0 radical (unpaired) electrons. The van der Waals surface area contributed by atoms with Crippen molar-refractivity contribution < 1.29 is 17.6 Å². The van der Waals surface area contributed by atoms with E-state index in [1.165, 1.54) is 11.8 Å². The van der Waals surface area contributed by atoms with Crippen LogP contribution in [-0.2, 0) is 21.1 Å². The number of amides is 1. The minimum absolute atomic E-state index is 0.0534. The van der Waals surface area contributed by atoms with Crippen LogP contribution < -0.4 is 5.32 Å². The summed E-state index contributed by atoms with van der Waals surface area (Å²) in [6, 6.07) is 0. The molecule has 1 amide bonds. The molecule has 0 saturated carbocycles. The molecular formula is C13H21N3O4S2. The molecule has 22 heavy (non-hydrogen) atoms. The van der Waals surface area contributed by atoms with Gasteiger partial charge in [-0.15, -0.1) is 10.2 Å². The fourth-order valence-electron chi connectivity index (χ4n) is 2.16. The Labute approximate surface area is 134 Å². The lowest BCUT2D eigenvalue weighted by molar-refractivity contribution is -0.118. The quantitative estimate of drug-likeness (QED) is 0.731. The molecule has 124 valence electrons. The van der Waals surface area contributed by atoms with E-state index in [4.69, 9.17) is 4.42 Å². The topological polar surface area (TPSA) is 102 Å². The second-order valence-electron chi connectivity index (χ2n) is 5.92. The molecule has 1 fully saturated rings. The summed E-state index contributed by atoms with van der Waals surface area (Å²) in [7, 11) is -2.89. The number of rotatable bonds is 7. The average molecular weight is 347 g/mol. The minimum Gasteiger partial charge on any atom is -0.416 e. The zero-order valence-corrected chi connectivity index (χ0v) is 14.4. The van der Waals surface area contributed by atoms with Gasteiger partial charge in [0.15, 0.2) is 9.84 Å². The summed E-state index contributed by atoms with van der Waals surface area (Å²) in [4.78, 5) is 11.6. The van der Waals surface area contributed by atoms with Crippen molar-refractivity contribution in [2.75, 3.05) is 23.8 Å². The number of carbonyl (C=O) groups is 1. The van der Waals surface area contributed by atoms with Crippen molar-refractivity contribution in [1.29, 1.82) is 0 Å². The van der Waals surface area contributed by atoms with Crippen molar-refractivity contribution in [2.45, 2.75) is 31.9 Å². The number of aromatic nitrogens is 2. The maximum absolute atomic E-state index is 11.6. The summed E-state index contributed by atoms with van der Waals surface area (Å²) >= 11 is 1.19. The maximum Gasteiger partial charge on any atom is 0.277 e. The van der Waals surface area contributed by atoms with E-state index < -0.39 is 9.84 Å². The van der Waals surface area contributed by atoms with Crippen LogP contribution in [0.2, 0.25) is 0 Å². The van der Waals surface area contributed by atoms with Crippen molar-refractivity contribution in [1.82, 2.24) is 15.5 Å². The lowest BCUT2D eigenvalue weighted by atomic mass is 10.1. The standard InChI is InChI=1S/C13H21N3O4S2/c1-9(2)6-14-11(17)7-21-13-16-15-12(20-13)5-10-3-4-22(18,19)8-10/h9-10H,3-8H2,1-2H3,(H,14,17)/t10-/m0/s1. The predicted molar refractivity (Wildman–Crippen MR) is 83.3 cm³/mol. The van der Waals surface area contributed by atoms with Crippen LogP contribution in [0.4, 0.5) is 0 Å². The molecule has 1 aliphatic heterocycles. The average Bonchev–Trinajstić information content (AvgIpc) is 3.01. The molecule has 0 bridgehead atoms. The van der Waals surface area contributed by atoms with Gasteiger partial charge in [-0.1, -0.05) is 25.6 Å². The molecule has 1 saturated heterocycles. The molecule has 2 rings (SSSR count).